The van der Waals surface area contributed by atoms with E-state index < -0.39 is 5.97 Å². The minimum absolute atomic E-state index is 0.0839. The molecule has 0 atom stereocenters. The lowest BCUT2D eigenvalue weighted by Gasteiger charge is -2.12. The predicted molar refractivity (Wildman–Crippen MR) is 104 cm³/mol. The summed E-state index contributed by atoms with van der Waals surface area (Å²) in [5, 5.41) is 0. The number of ether oxygens (including phenoxy) is 3. The van der Waals surface area contributed by atoms with Gasteiger partial charge in [0.1, 0.15) is 11.5 Å². The number of aryl methyl sites for hydroxylation is 2. The van der Waals surface area contributed by atoms with Crippen LogP contribution in [0.25, 0.3) is 6.08 Å². The van der Waals surface area contributed by atoms with Crippen molar-refractivity contribution in [2.75, 3.05) is 20.3 Å². The van der Waals surface area contributed by atoms with Crippen molar-refractivity contribution in [3.05, 3.63) is 64.7 Å². The Balaban J connectivity index is 2.09. The van der Waals surface area contributed by atoms with Crippen LogP contribution in [-0.2, 0) is 9.53 Å². The van der Waals surface area contributed by atoms with Gasteiger partial charge in [-0.05, 0) is 79.9 Å². The molecule has 142 valence electrons. The first-order valence-electron chi connectivity index (χ1n) is 8.70. The summed E-state index contributed by atoms with van der Waals surface area (Å²) in [5.41, 5.74) is 3.25. The summed E-state index contributed by atoms with van der Waals surface area (Å²) < 4.78 is 15.5. The van der Waals surface area contributed by atoms with Gasteiger partial charge in [0.05, 0.1) is 13.7 Å². The summed E-state index contributed by atoms with van der Waals surface area (Å²) in [4.78, 5) is 23.6. The molecule has 0 spiro atoms. The largest absolute Gasteiger partial charge is 0.494 e. The standard InChI is InChI=1S/C22H24O5/c1-5-26-19-9-7-18(8-10-19)20(23)11-6-17-12-15(2)22(16(3)13-17)27-14-21(24)25-4/h6-13H,5,14H2,1-4H3/b11-6+. The van der Waals surface area contributed by atoms with Crippen molar-refractivity contribution in [3.63, 3.8) is 0 Å². The number of methoxy groups -OCH3 is 1. The molecule has 0 saturated carbocycles. The Morgan fingerprint density at radius 3 is 2.19 bits per heavy atom. The van der Waals surface area contributed by atoms with Gasteiger partial charge in [-0.15, -0.1) is 0 Å². The van der Waals surface area contributed by atoms with Crippen molar-refractivity contribution in [2.24, 2.45) is 0 Å². The second kappa shape index (κ2) is 9.57. The lowest BCUT2D eigenvalue weighted by molar-refractivity contribution is -0.142. The van der Waals surface area contributed by atoms with E-state index in [1.165, 1.54) is 7.11 Å². The predicted octanol–water partition coefficient (Wildman–Crippen LogP) is 4.15. The van der Waals surface area contributed by atoms with Crippen LogP contribution in [0.15, 0.2) is 42.5 Å². The molecule has 0 N–H and O–H groups in total. The first-order valence-corrected chi connectivity index (χ1v) is 8.70. The van der Waals surface area contributed by atoms with Gasteiger partial charge in [0.2, 0.25) is 0 Å². The molecule has 2 aromatic rings. The number of ketones is 1. The molecule has 0 aliphatic rings. The maximum atomic E-state index is 12.3. The third-order valence-corrected chi connectivity index (χ3v) is 3.92. The van der Waals surface area contributed by atoms with E-state index in [4.69, 9.17) is 9.47 Å². The fourth-order valence-corrected chi connectivity index (χ4v) is 2.65. The quantitative estimate of drug-likeness (QED) is 0.398. The number of hydrogen-bond acceptors (Lipinski definition) is 5. The highest BCUT2D eigenvalue weighted by Crippen LogP contribution is 2.25. The van der Waals surface area contributed by atoms with E-state index in [1.54, 1.807) is 36.4 Å². The van der Waals surface area contributed by atoms with E-state index in [9.17, 15) is 9.59 Å². The van der Waals surface area contributed by atoms with Crippen molar-refractivity contribution < 1.29 is 23.8 Å². The Hall–Kier alpha value is -3.08. The van der Waals surface area contributed by atoms with Gasteiger partial charge >= 0.3 is 5.97 Å². The molecule has 0 fully saturated rings. The van der Waals surface area contributed by atoms with Crippen molar-refractivity contribution >= 4 is 17.8 Å². The summed E-state index contributed by atoms with van der Waals surface area (Å²) in [6, 6.07) is 10.9. The van der Waals surface area contributed by atoms with Crippen LogP contribution < -0.4 is 9.47 Å². The van der Waals surface area contributed by atoms with Gasteiger partial charge in [-0.1, -0.05) is 6.08 Å². The van der Waals surface area contributed by atoms with Gasteiger partial charge in [0, 0.05) is 5.56 Å². The van der Waals surface area contributed by atoms with Gasteiger partial charge in [0.15, 0.2) is 12.4 Å². The molecule has 0 unspecified atom stereocenters. The smallest absolute Gasteiger partial charge is 0.343 e. The number of benzene rings is 2. The van der Waals surface area contributed by atoms with Gasteiger partial charge in [-0.3, -0.25) is 4.79 Å². The topological polar surface area (TPSA) is 61.8 Å². The lowest BCUT2D eigenvalue weighted by atomic mass is 10.0. The summed E-state index contributed by atoms with van der Waals surface area (Å²) >= 11 is 0. The monoisotopic (exact) mass is 368 g/mol. The maximum Gasteiger partial charge on any atom is 0.343 e. The number of carbonyl (C=O) groups excluding carboxylic acids is 2. The SMILES string of the molecule is CCOc1ccc(C(=O)/C=C/c2cc(C)c(OCC(=O)OC)c(C)c2)cc1. The van der Waals surface area contributed by atoms with Crippen LogP contribution in [0, 0.1) is 13.8 Å². The lowest BCUT2D eigenvalue weighted by Crippen LogP contribution is -2.13. The average molecular weight is 368 g/mol. The molecule has 0 aromatic heterocycles. The molecular weight excluding hydrogens is 344 g/mol. The Morgan fingerprint density at radius 1 is 1.00 bits per heavy atom. The molecule has 0 amide bonds. The third-order valence-electron chi connectivity index (χ3n) is 3.92. The highest BCUT2D eigenvalue weighted by Gasteiger charge is 2.09. The van der Waals surface area contributed by atoms with E-state index in [0.717, 1.165) is 22.4 Å². The van der Waals surface area contributed by atoms with Crippen LogP contribution in [0.1, 0.15) is 34.0 Å². The second-order valence-electron chi connectivity index (χ2n) is 6.00. The van der Waals surface area contributed by atoms with Crippen molar-refractivity contribution in [2.45, 2.75) is 20.8 Å². The zero-order valence-corrected chi connectivity index (χ0v) is 16.1. The first-order chi connectivity index (χ1) is 12.9. The van der Waals surface area contributed by atoms with E-state index >= 15 is 0 Å². The van der Waals surface area contributed by atoms with Crippen molar-refractivity contribution in [1.82, 2.24) is 0 Å². The Kier molecular flexibility index (Phi) is 7.17. The highest BCUT2D eigenvalue weighted by atomic mass is 16.6. The molecule has 0 bridgehead atoms. The number of hydrogen-bond donors (Lipinski definition) is 0. The Morgan fingerprint density at radius 2 is 1.63 bits per heavy atom. The van der Waals surface area contributed by atoms with Crippen LogP contribution in [0.3, 0.4) is 0 Å². The summed E-state index contributed by atoms with van der Waals surface area (Å²) in [5.74, 6) is 0.875. The van der Waals surface area contributed by atoms with Crippen LogP contribution in [0.5, 0.6) is 11.5 Å². The number of rotatable bonds is 8. The highest BCUT2D eigenvalue weighted by molar-refractivity contribution is 6.06. The summed E-state index contributed by atoms with van der Waals surface area (Å²) in [6.07, 6.45) is 3.31. The van der Waals surface area contributed by atoms with E-state index in [0.29, 0.717) is 17.9 Å². The normalized spacial score (nSPS) is 10.7. The molecule has 2 aromatic carbocycles. The maximum absolute atomic E-state index is 12.3. The summed E-state index contributed by atoms with van der Waals surface area (Å²) in [7, 11) is 1.32. The van der Waals surface area contributed by atoms with Crippen LogP contribution >= 0.6 is 0 Å². The minimum atomic E-state index is -0.432. The molecule has 0 radical (unpaired) electrons. The van der Waals surface area contributed by atoms with E-state index in [2.05, 4.69) is 4.74 Å². The van der Waals surface area contributed by atoms with Gasteiger partial charge in [-0.2, -0.15) is 0 Å². The van der Waals surface area contributed by atoms with Crippen LogP contribution in [0.4, 0.5) is 0 Å². The van der Waals surface area contributed by atoms with Gasteiger partial charge in [-0.25, -0.2) is 4.79 Å². The molecule has 27 heavy (non-hydrogen) atoms. The molecular formula is C22H24O5. The summed E-state index contributed by atoms with van der Waals surface area (Å²) in [6.45, 7) is 6.16. The van der Waals surface area contributed by atoms with Crippen LogP contribution in [0.2, 0.25) is 0 Å². The zero-order chi connectivity index (χ0) is 19.8. The van der Waals surface area contributed by atoms with Crippen molar-refractivity contribution in [1.29, 1.82) is 0 Å². The molecule has 5 nitrogen and oxygen atoms in total. The molecule has 0 heterocycles. The molecule has 2 rings (SSSR count). The fourth-order valence-electron chi connectivity index (χ4n) is 2.65. The first kappa shape index (κ1) is 20.2. The number of esters is 1. The molecule has 0 saturated heterocycles. The van der Waals surface area contributed by atoms with Gasteiger partial charge < -0.3 is 14.2 Å². The number of carbonyl (C=O) groups is 2. The van der Waals surface area contributed by atoms with E-state index in [1.807, 2.05) is 32.9 Å². The average Bonchev–Trinajstić information content (AvgIpc) is 2.66. The van der Waals surface area contributed by atoms with Crippen molar-refractivity contribution in [3.8, 4) is 11.5 Å². The number of allylic oxidation sites excluding steroid dienone is 1. The molecule has 0 aliphatic heterocycles. The van der Waals surface area contributed by atoms with Gasteiger partial charge in [0.25, 0.3) is 0 Å². The fraction of sp³-hybridized carbons (Fsp3) is 0.273. The Labute approximate surface area is 159 Å². The molecule has 5 heteroatoms. The molecule has 0 aliphatic carbocycles. The second-order valence-corrected chi connectivity index (χ2v) is 6.00. The zero-order valence-electron chi connectivity index (χ0n) is 16.1. The Bertz CT molecular complexity index is 811. The van der Waals surface area contributed by atoms with E-state index in [-0.39, 0.29) is 12.4 Å². The minimum Gasteiger partial charge on any atom is -0.494 e. The third kappa shape index (κ3) is 5.71. The van der Waals surface area contributed by atoms with Crippen LogP contribution in [-0.4, -0.2) is 32.1 Å².